The van der Waals surface area contributed by atoms with Crippen LogP contribution in [-0.2, 0) is 4.74 Å². The van der Waals surface area contributed by atoms with Gasteiger partial charge in [0.15, 0.2) is 5.69 Å². The molecule has 0 N–H and O–H groups in total. The average Bonchev–Trinajstić information content (AvgIpc) is 2.57. The van der Waals surface area contributed by atoms with E-state index >= 15 is 0 Å². The van der Waals surface area contributed by atoms with Gasteiger partial charge in [0.1, 0.15) is 11.2 Å². The Hall–Kier alpha value is -1.36. The zero-order chi connectivity index (χ0) is 12.6. The smallest absolute Gasteiger partial charge is 0.359 e. The minimum atomic E-state index is -0.506. The van der Waals surface area contributed by atoms with Crippen LogP contribution >= 0.6 is 15.9 Å². The minimum absolute atomic E-state index is 0.318. The van der Waals surface area contributed by atoms with Crippen LogP contribution in [0, 0.1) is 0 Å². The third kappa shape index (κ3) is 2.85. The lowest BCUT2D eigenvalue weighted by molar-refractivity contribution is 0.00636. The van der Waals surface area contributed by atoms with Gasteiger partial charge in [0, 0.05) is 16.9 Å². The summed E-state index contributed by atoms with van der Waals surface area (Å²) >= 11 is 3.36. The highest BCUT2D eigenvalue weighted by atomic mass is 79.9. The number of carbonyl (C=O) groups is 1. The number of hydrogen-bond donors (Lipinski definition) is 0. The number of pyridine rings is 1. The number of rotatable bonds is 1. The fourth-order valence-corrected chi connectivity index (χ4v) is 1.75. The van der Waals surface area contributed by atoms with E-state index < -0.39 is 11.6 Å². The summed E-state index contributed by atoms with van der Waals surface area (Å²) in [6.07, 6.45) is 3.50. The second-order valence-electron chi connectivity index (χ2n) is 4.74. The maximum atomic E-state index is 11.8. The van der Waals surface area contributed by atoms with Crippen LogP contribution in [0.4, 0.5) is 0 Å². The van der Waals surface area contributed by atoms with Crippen molar-refractivity contribution in [1.29, 1.82) is 0 Å². The van der Waals surface area contributed by atoms with E-state index in [-0.39, 0.29) is 0 Å². The van der Waals surface area contributed by atoms with Gasteiger partial charge in [0.2, 0.25) is 0 Å². The highest BCUT2D eigenvalue weighted by Crippen LogP contribution is 2.15. The Morgan fingerprint density at radius 1 is 1.35 bits per heavy atom. The number of aromatic nitrogens is 2. The first-order valence-electron chi connectivity index (χ1n) is 5.23. The Morgan fingerprint density at radius 2 is 2.06 bits per heavy atom. The quantitative estimate of drug-likeness (QED) is 0.760. The van der Waals surface area contributed by atoms with E-state index in [4.69, 9.17) is 4.74 Å². The van der Waals surface area contributed by atoms with Crippen LogP contribution in [0.1, 0.15) is 31.3 Å². The standard InChI is InChI=1S/C12H13BrN2O2/c1-12(2,3)17-11(16)9-7-15-6-8(13)4-5-10(15)14-9/h4-7H,1-3H3. The van der Waals surface area contributed by atoms with Crippen molar-refractivity contribution >= 4 is 27.5 Å². The Labute approximate surface area is 108 Å². The molecule has 90 valence electrons. The van der Waals surface area contributed by atoms with E-state index in [2.05, 4.69) is 20.9 Å². The lowest BCUT2D eigenvalue weighted by Gasteiger charge is -2.18. The number of nitrogens with zero attached hydrogens (tertiary/aromatic N) is 2. The summed E-state index contributed by atoms with van der Waals surface area (Å²) < 4.78 is 7.97. The minimum Gasteiger partial charge on any atom is -0.455 e. The molecule has 0 atom stereocenters. The van der Waals surface area contributed by atoms with Crippen LogP contribution in [0.15, 0.2) is 29.0 Å². The van der Waals surface area contributed by atoms with Gasteiger partial charge in [-0.1, -0.05) is 0 Å². The number of esters is 1. The molecule has 2 aromatic heterocycles. The van der Waals surface area contributed by atoms with Crippen LogP contribution in [0.2, 0.25) is 0 Å². The zero-order valence-corrected chi connectivity index (χ0v) is 11.5. The van der Waals surface area contributed by atoms with Crippen LogP contribution in [0.3, 0.4) is 0 Å². The summed E-state index contributed by atoms with van der Waals surface area (Å²) in [6, 6.07) is 3.71. The monoisotopic (exact) mass is 296 g/mol. The highest BCUT2D eigenvalue weighted by Gasteiger charge is 2.20. The Morgan fingerprint density at radius 3 is 2.71 bits per heavy atom. The van der Waals surface area contributed by atoms with Crippen molar-refractivity contribution in [1.82, 2.24) is 9.38 Å². The van der Waals surface area contributed by atoms with Crippen molar-refractivity contribution in [3.05, 3.63) is 34.7 Å². The molecular formula is C12H13BrN2O2. The number of imidazole rings is 1. The van der Waals surface area contributed by atoms with E-state index in [1.807, 2.05) is 39.1 Å². The van der Waals surface area contributed by atoms with Crippen LogP contribution < -0.4 is 0 Å². The Bertz CT molecular complexity index is 569. The van der Waals surface area contributed by atoms with E-state index in [1.54, 1.807) is 10.6 Å². The molecule has 2 rings (SSSR count). The average molecular weight is 297 g/mol. The van der Waals surface area contributed by atoms with Gasteiger partial charge >= 0.3 is 5.97 Å². The fourth-order valence-electron chi connectivity index (χ4n) is 1.39. The van der Waals surface area contributed by atoms with Crippen LogP contribution in [-0.4, -0.2) is 21.0 Å². The molecule has 0 unspecified atom stereocenters. The van der Waals surface area contributed by atoms with Crippen molar-refractivity contribution in [3.8, 4) is 0 Å². The first-order chi connectivity index (χ1) is 7.85. The van der Waals surface area contributed by atoms with E-state index in [0.29, 0.717) is 11.3 Å². The molecule has 0 aliphatic carbocycles. The van der Waals surface area contributed by atoms with Gasteiger partial charge in [-0.15, -0.1) is 0 Å². The van der Waals surface area contributed by atoms with Crippen molar-refractivity contribution in [2.75, 3.05) is 0 Å². The molecule has 0 saturated heterocycles. The number of carbonyl (C=O) groups excluding carboxylic acids is 1. The second-order valence-corrected chi connectivity index (χ2v) is 5.66. The van der Waals surface area contributed by atoms with Crippen molar-refractivity contribution in [2.45, 2.75) is 26.4 Å². The van der Waals surface area contributed by atoms with Crippen LogP contribution in [0.5, 0.6) is 0 Å². The molecule has 5 heteroatoms. The van der Waals surface area contributed by atoms with Crippen molar-refractivity contribution in [3.63, 3.8) is 0 Å². The summed E-state index contributed by atoms with van der Waals surface area (Å²) in [6.45, 7) is 5.49. The zero-order valence-electron chi connectivity index (χ0n) is 9.90. The van der Waals surface area contributed by atoms with Gasteiger partial charge in [-0.05, 0) is 48.8 Å². The molecule has 0 spiro atoms. The van der Waals surface area contributed by atoms with Gasteiger partial charge in [-0.2, -0.15) is 0 Å². The molecule has 0 bridgehead atoms. The second kappa shape index (κ2) is 4.14. The van der Waals surface area contributed by atoms with E-state index in [0.717, 1.165) is 4.47 Å². The number of halogens is 1. The largest absolute Gasteiger partial charge is 0.455 e. The Kier molecular flexibility index (Phi) is 2.95. The summed E-state index contributed by atoms with van der Waals surface area (Å²) in [4.78, 5) is 16.0. The highest BCUT2D eigenvalue weighted by molar-refractivity contribution is 9.10. The molecule has 0 amide bonds. The maximum absolute atomic E-state index is 11.8. The van der Waals surface area contributed by atoms with Gasteiger partial charge in [0.25, 0.3) is 0 Å². The summed E-state index contributed by atoms with van der Waals surface area (Å²) in [5.74, 6) is -0.405. The number of fused-ring (bicyclic) bond motifs is 1. The predicted octanol–water partition coefficient (Wildman–Crippen LogP) is 3.05. The van der Waals surface area contributed by atoms with Gasteiger partial charge in [-0.25, -0.2) is 9.78 Å². The SMILES string of the molecule is CC(C)(C)OC(=O)c1cn2cc(Br)ccc2n1. The van der Waals surface area contributed by atoms with Crippen molar-refractivity contribution in [2.24, 2.45) is 0 Å². The lowest BCUT2D eigenvalue weighted by Crippen LogP contribution is -2.24. The van der Waals surface area contributed by atoms with Crippen molar-refractivity contribution < 1.29 is 9.53 Å². The fraction of sp³-hybridized carbons (Fsp3) is 0.333. The molecule has 0 aromatic carbocycles. The molecule has 0 radical (unpaired) electrons. The topological polar surface area (TPSA) is 43.6 Å². The molecule has 4 nitrogen and oxygen atoms in total. The lowest BCUT2D eigenvalue weighted by atomic mass is 10.2. The molecule has 2 heterocycles. The molecule has 0 aliphatic rings. The molecular weight excluding hydrogens is 284 g/mol. The molecule has 0 saturated carbocycles. The molecule has 0 aliphatic heterocycles. The van der Waals surface area contributed by atoms with Gasteiger partial charge in [-0.3, -0.25) is 0 Å². The number of ether oxygens (including phenoxy) is 1. The van der Waals surface area contributed by atoms with Gasteiger partial charge in [0.05, 0.1) is 0 Å². The maximum Gasteiger partial charge on any atom is 0.359 e. The summed E-state index contributed by atoms with van der Waals surface area (Å²) in [7, 11) is 0. The third-order valence-electron chi connectivity index (χ3n) is 2.02. The summed E-state index contributed by atoms with van der Waals surface area (Å²) in [5.41, 5.74) is 0.528. The third-order valence-corrected chi connectivity index (χ3v) is 2.49. The van der Waals surface area contributed by atoms with Gasteiger partial charge < -0.3 is 9.14 Å². The van der Waals surface area contributed by atoms with E-state index in [1.165, 1.54) is 0 Å². The normalized spacial score (nSPS) is 11.8. The predicted molar refractivity (Wildman–Crippen MR) is 68.1 cm³/mol. The first-order valence-corrected chi connectivity index (χ1v) is 6.02. The summed E-state index contributed by atoms with van der Waals surface area (Å²) in [5, 5.41) is 0. The molecule has 2 aromatic rings. The molecule has 0 fully saturated rings. The first kappa shape index (κ1) is 12.1. The molecule has 17 heavy (non-hydrogen) atoms. The van der Waals surface area contributed by atoms with Crippen LogP contribution in [0.25, 0.3) is 5.65 Å². The Balaban J connectivity index is 2.33. The van der Waals surface area contributed by atoms with E-state index in [9.17, 15) is 4.79 Å². The number of hydrogen-bond acceptors (Lipinski definition) is 3.